The summed E-state index contributed by atoms with van der Waals surface area (Å²) in [5, 5.41) is 12.1. The first-order valence-corrected chi connectivity index (χ1v) is 7.52. The molecule has 3 rings (SSSR count). The largest absolute Gasteiger partial charge is 0.308 e. The Morgan fingerprint density at radius 2 is 2.00 bits per heavy atom. The molecule has 0 amide bonds. The minimum Gasteiger partial charge on any atom is -0.308 e. The maximum atomic E-state index is 4.32. The fraction of sp³-hybridized carbons (Fsp3) is 0.294. The van der Waals surface area contributed by atoms with Gasteiger partial charge in [0.25, 0.3) is 0 Å². The van der Waals surface area contributed by atoms with E-state index in [1.165, 1.54) is 11.1 Å². The first kappa shape index (κ1) is 14.5. The van der Waals surface area contributed by atoms with Crippen molar-refractivity contribution in [1.82, 2.24) is 24.9 Å². The van der Waals surface area contributed by atoms with Crippen molar-refractivity contribution in [1.29, 1.82) is 0 Å². The highest BCUT2D eigenvalue weighted by molar-refractivity contribution is 5.33. The summed E-state index contributed by atoms with van der Waals surface area (Å²) >= 11 is 0. The first-order valence-electron chi connectivity index (χ1n) is 7.52. The molecule has 5 nitrogen and oxygen atoms in total. The Hall–Kier alpha value is -2.40. The zero-order valence-corrected chi connectivity index (χ0v) is 13.0. The summed E-state index contributed by atoms with van der Waals surface area (Å²) in [6, 6.07) is 10.7. The predicted molar refractivity (Wildman–Crippen MR) is 86.8 cm³/mol. The highest BCUT2D eigenvalue weighted by Gasteiger charge is 2.04. The predicted octanol–water partition coefficient (Wildman–Crippen LogP) is 2.56. The van der Waals surface area contributed by atoms with Crippen LogP contribution in [0.3, 0.4) is 0 Å². The van der Waals surface area contributed by atoms with Gasteiger partial charge in [-0.3, -0.25) is 4.68 Å². The van der Waals surface area contributed by atoms with E-state index in [1.807, 2.05) is 27.8 Å². The third-order valence-electron chi connectivity index (χ3n) is 3.58. The number of rotatable bonds is 6. The molecule has 2 heterocycles. The number of hydrogen-bond donors (Lipinski definition) is 1. The van der Waals surface area contributed by atoms with Crippen LogP contribution in [0.5, 0.6) is 0 Å². The average Bonchev–Trinajstić information content (AvgIpc) is 3.18. The third kappa shape index (κ3) is 3.62. The van der Waals surface area contributed by atoms with Crippen LogP contribution in [0.25, 0.3) is 5.69 Å². The van der Waals surface area contributed by atoms with E-state index in [2.05, 4.69) is 59.8 Å². The molecule has 2 aromatic heterocycles. The average molecular weight is 295 g/mol. The van der Waals surface area contributed by atoms with Crippen molar-refractivity contribution in [3.05, 3.63) is 66.2 Å². The van der Waals surface area contributed by atoms with Crippen molar-refractivity contribution in [3.63, 3.8) is 0 Å². The molecule has 0 bridgehead atoms. The SMILES string of the molecule is Cc1cnn(C[C@@H](C)NCc2ccc(-n3cccn3)cc2)c1. The van der Waals surface area contributed by atoms with E-state index in [1.54, 1.807) is 6.20 Å². The second-order valence-electron chi connectivity index (χ2n) is 5.64. The van der Waals surface area contributed by atoms with Gasteiger partial charge in [0, 0.05) is 31.2 Å². The van der Waals surface area contributed by atoms with Crippen LogP contribution in [-0.2, 0) is 13.1 Å². The van der Waals surface area contributed by atoms with E-state index < -0.39 is 0 Å². The molecule has 5 heteroatoms. The van der Waals surface area contributed by atoms with Gasteiger partial charge in [-0.1, -0.05) is 12.1 Å². The van der Waals surface area contributed by atoms with Gasteiger partial charge in [-0.05, 0) is 43.2 Å². The molecule has 22 heavy (non-hydrogen) atoms. The van der Waals surface area contributed by atoms with E-state index in [0.717, 1.165) is 18.8 Å². The number of aryl methyl sites for hydroxylation is 1. The van der Waals surface area contributed by atoms with Crippen LogP contribution in [0.4, 0.5) is 0 Å². The Labute approximate surface area is 130 Å². The van der Waals surface area contributed by atoms with Crippen LogP contribution in [0.2, 0.25) is 0 Å². The molecular formula is C17H21N5. The van der Waals surface area contributed by atoms with Gasteiger partial charge >= 0.3 is 0 Å². The Morgan fingerprint density at radius 1 is 1.18 bits per heavy atom. The van der Waals surface area contributed by atoms with Crippen molar-refractivity contribution < 1.29 is 0 Å². The highest BCUT2D eigenvalue weighted by Crippen LogP contribution is 2.08. The molecule has 3 aromatic rings. The molecule has 0 aliphatic rings. The van der Waals surface area contributed by atoms with Gasteiger partial charge in [0.05, 0.1) is 18.4 Å². The molecule has 1 atom stereocenters. The summed E-state index contributed by atoms with van der Waals surface area (Å²) in [5.41, 5.74) is 3.54. The molecule has 0 spiro atoms. The van der Waals surface area contributed by atoms with E-state index >= 15 is 0 Å². The Morgan fingerprint density at radius 3 is 2.64 bits per heavy atom. The van der Waals surface area contributed by atoms with Gasteiger partial charge in [-0.15, -0.1) is 0 Å². The van der Waals surface area contributed by atoms with Gasteiger partial charge in [0.15, 0.2) is 0 Å². The molecule has 0 radical (unpaired) electrons. The minimum atomic E-state index is 0.366. The quantitative estimate of drug-likeness (QED) is 0.760. The maximum Gasteiger partial charge on any atom is 0.0645 e. The number of aromatic nitrogens is 4. The van der Waals surface area contributed by atoms with Gasteiger partial charge in [-0.2, -0.15) is 10.2 Å². The van der Waals surface area contributed by atoms with Crippen molar-refractivity contribution in [2.24, 2.45) is 0 Å². The molecule has 0 fully saturated rings. The number of nitrogens with zero attached hydrogens (tertiary/aromatic N) is 4. The summed E-state index contributed by atoms with van der Waals surface area (Å²) < 4.78 is 3.84. The monoisotopic (exact) mass is 295 g/mol. The molecule has 1 aromatic carbocycles. The lowest BCUT2D eigenvalue weighted by Crippen LogP contribution is -2.30. The first-order chi connectivity index (χ1) is 10.7. The van der Waals surface area contributed by atoms with Gasteiger partial charge < -0.3 is 5.32 Å². The molecule has 0 saturated carbocycles. The normalized spacial score (nSPS) is 12.5. The molecule has 114 valence electrons. The van der Waals surface area contributed by atoms with Crippen LogP contribution in [0.15, 0.2) is 55.1 Å². The lowest BCUT2D eigenvalue weighted by molar-refractivity contribution is 0.450. The summed E-state index contributed by atoms with van der Waals surface area (Å²) in [7, 11) is 0. The Bertz CT molecular complexity index is 697. The minimum absolute atomic E-state index is 0.366. The summed E-state index contributed by atoms with van der Waals surface area (Å²) in [4.78, 5) is 0. The summed E-state index contributed by atoms with van der Waals surface area (Å²) in [6.45, 7) is 5.96. The van der Waals surface area contributed by atoms with E-state index in [0.29, 0.717) is 6.04 Å². The van der Waals surface area contributed by atoms with Gasteiger partial charge in [0.2, 0.25) is 0 Å². The molecular weight excluding hydrogens is 274 g/mol. The summed E-state index contributed by atoms with van der Waals surface area (Å²) in [6.07, 6.45) is 7.69. The topological polar surface area (TPSA) is 47.7 Å². The molecule has 0 saturated heterocycles. The molecule has 0 aliphatic heterocycles. The second-order valence-corrected chi connectivity index (χ2v) is 5.64. The molecule has 1 N–H and O–H groups in total. The third-order valence-corrected chi connectivity index (χ3v) is 3.58. The zero-order valence-electron chi connectivity index (χ0n) is 13.0. The van der Waals surface area contributed by atoms with Crippen LogP contribution in [-0.4, -0.2) is 25.6 Å². The zero-order chi connectivity index (χ0) is 15.4. The van der Waals surface area contributed by atoms with Gasteiger partial charge in [0.1, 0.15) is 0 Å². The summed E-state index contributed by atoms with van der Waals surface area (Å²) in [5.74, 6) is 0. The van der Waals surface area contributed by atoms with E-state index in [9.17, 15) is 0 Å². The molecule has 0 aliphatic carbocycles. The number of hydrogen-bond acceptors (Lipinski definition) is 3. The smallest absolute Gasteiger partial charge is 0.0645 e. The lowest BCUT2D eigenvalue weighted by Gasteiger charge is -2.14. The van der Waals surface area contributed by atoms with Crippen molar-refractivity contribution >= 4 is 0 Å². The van der Waals surface area contributed by atoms with Crippen molar-refractivity contribution in [3.8, 4) is 5.69 Å². The van der Waals surface area contributed by atoms with Gasteiger partial charge in [-0.25, -0.2) is 4.68 Å². The Balaban J connectivity index is 1.53. The Kier molecular flexibility index (Phi) is 4.34. The van der Waals surface area contributed by atoms with Crippen LogP contribution in [0.1, 0.15) is 18.1 Å². The molecule has 0 unspecified atom stereocenters. The van der Waals surface area contributed by atoms with E-state index in [-0.39, 0.29) is 0 Å². The standard InChI is InChI=1S/C17H21N5/c1-14-10-20-21(12-14)13-15(2)18-11-16-4-6-17(7-5-16)22-9-3-8-19-22/h3-10,12,15,18H,11,13H2,1-2H3/t15-/m1/s1. The maximum absolute atomic E-state index is 4.32. The fourth-order valence-electron chi connectivity index (χ4n) is 2.39. The second kappa shape index (κ2) is 6.58. The number of benzene rings is 1. The number of nitrogens with one attached hydrogen (secondary N) is 1. The highest BCUT2D eigenvalue weighted by atomic mass is 15.3. The van der Waals surface area contributed by atoms with E-state index in [4.69, 9.17) is 0 Å². The van der Waals surface area contributed by atoms with Crippen LogP contribution in [0, 0.1) is 6.92 Å². The van der Waals surface area contributed by atoms with Crippen LogP contribution < -0.4 is 5.32 Å². The lowest BCUT2D eigenvalue weighted by atomic mass is 10.2. The van der Waals surface area contributed by atoms with Crippen molar-refractivity contribution in [2.75, 3.05) is 0 Å². The van der Waals surface area contributed by atoms with Crippen molar-refractivity contribution in [2.45, 2.75) is 33.0 Å². The fourth-order valence-corrected chi connectivity index (χ4v) is 2.39. The van der Waals surface area contributed by atoms with Crippen LogP contribution >= 0.6 is 0 Å².